The highest BCUT2D eigenvalue weighted by molar-refractivity contribution is 5.86. The molecular weight excluding hydrogens is 262 g/mol. The van der Waals surface area contributed by atoms with Crippen LogP contribution in [0, 0.1) is 5.92 Å². The number of carbonyl (C=O) groups excluding carboxylic acids is 2. The van der Waals surface area contributed by atoms with Crippen LogP contribution in [0.3, 0.4) is 0 Å². The third-order valence-electron chi connectivity index (χ3n) is 3.96. The number of aliphatic carboxylic acids is 1. The lowest BCUT2D eigenvalue weighted by molar-refractivity contribution is -0.143. The van der Waals surface area contributed by atoms with E-state index in [9.17, 15) is 14.4 Å². The molecule has 7 nitrogen and oxygen atoms in total. The second kappa shape index (κ2) is 6.58. The SMILES string of the molecule is CCC(C)(NC(=O)N1CCC(C(=O)NC)CC1)C(=O)O. The lowest BCUT2D eigenvalue weighted by atomic mass is 9.96. The zero-order chi connectivity index (χ0) is 15.3. The number of nitrogens with one attached hydrogen (secondary N) is 2. The first-order valence-electron chi connectivity index (χ1n) is 6.86. The minimum absolute atomic E-state index is 0.00556. The van der Waals surface area contributed by atoms with Gasteiger partial charge in [0.25, 0.3) is 0 Å². The maximum atomic E-state index is 12.1. The molecule has 0 aromatic heterocycles. The van der Waals surface area contributed by atoms with E-state index < -0.39 is 11.5 Å². The predicted molar refractivity (Wildman–Crippen MR) is 73.2 cm³/mol. The van der Waals surface area contributed by atoms with Gasteiger partial charge in [0.1, 0.15) is 5.54 Å². The van der Waals surface area contributed by atoms with Crippen molar-refractivity contribution in [3.63, 3.8) is 0 Å². The molecule has 7 heteroatoms. The van der Waals surface area contributed by atoms with Crippen molar-refractivity contribution in [1.82, 2.24) is 15.5 Å². The third kappa shape index (κ3) is 3.61. The Morgan fingerprint density at radius 2 is 1.85 bits per heavy atom. The number of hydrogen-bond donors (Lipinski definition) is 3. The quantitative estimate of drug-likeness (QED) is 0.696. The van der Waals surface area contributed by atoms with Crippen molar-refractivity contribution in [2.24, 2.45) is 5.92 Å². The Morgan fingerprint density at radius 1 is 1.30 bits per heavy atom. The summed E-state index contributed by atoms with van der Waals surface area (Å²) >= 11 is 0. The van der Waals surface area contributed by atoms with Gasteiger partial charge >= 0.3 is 12.0 Å². The fraction of sp³-hybridized carbons (Fsp3) is 0.769. The van der Waals surface area contributed by atoms with Crippen LogP contribution in [0.15, 0.2) is 0 Å². The second-order valence-corrected chi connectivity index (χ2v) is 5.30. The largest absolute Gasteiger partial charge is 0.480 e. The van der Waals surface area contributed by atoms with Gasteiger partial charge in [-0.25, -0.2) is 9.59 Å². The molecule has 0 spiro atoms. The summed E-state index contributed by atoms with van der Waals surface area (Å²) in [7, 11) is 1.60. The standard InChI is InChI=1S/C13H23N3O4/c1-4-13(2,11(18)19)15-12(20)16-7-5-9(6-8-16)10(17)14-3/h9H,4-8H2,1-3H3,(H,14,17)(H,15,20)(H,18,19). The Hall–Kier alpha value is -1.79. The molecule has 1 aliphatic rings. The highest BCUT2D eigenvalue weighted by Crippen LogP contribution is 2.18. The van der Waals surface area contributed by atoms with E-state index in [4.69, 9.17) is 5.11 Å². The third-order valence-corrected chi connectivity index (χ3v) is 3.96. The van der Waals surface area contributed by atoms with Crippen LogP contribution in [0.5, 0.6) is 0 Å². The summed E-state index contributed by atoms with van der Waals surface area (Å²) in [5.74, 6) is -1.12. The number of carbonyl (C=O) groups is 3. The maximum Gasteiger partial charge on any atom is 0.329 e. The van der Waals surface area contributed by atoms with Crippen molar-refractivity contribution < 1.29 is 19.5 Å². The molecule has 3 amide bonds. The van der Waals surface area contributed by atoms with E-state index in [2.05, 4.69) is 10.6 Å². The van der Waals surface area contributed by atoms with Gasteiger partial charge in [-0.2, -0.15) is 0 Å². The second-order valence-electron chi connectivity index (χ2n) is 5.30. The van der Waals surface area contributed by atoms with E-state index in [0.29, 0.717) is 32.4 Å². The van der Waals surface area contributed by atoms with Crippen LogP contribution in [-0.4, -0.2) is 53.6 Å². The molecule has 114 valence electrons. The molecule has 0 aliphatic carbocycles. The van der Waals surface area contributed by atoms with Crippen LogP contribution in [0.25, 0.3) is 0 Å². The highest BCUT2D eigenvalue weighted by atomic mass is 16.4. The van der Waals surface area contributed by atoms with E-state index >= 15 is 0 Å². The molecule has 1 atom stereocenters. The lowest BCUT2D eigenvalue weighted by Crippen LogP contribution is -2.57. The number of carboxylic acids is 1. The van der Waals surface area contributed by atoms with Crippen molar-refractivity contribution >= 4 is 17.9 Å². The predicted octanol–water partition coefficient (Wildman–Crippen LogP) is 0.407. The molecule has 0 aromatic carbocycles. The summed E-state index contributed by atoms with van der Waals surface area (Å²) in [6, 6.07) is -0.382. The number of amides is 3. The molecule has 1 heterocycles. The summed E-state index contributed by atoms with van der Waals surface area (Å²) in [6.45, 7) is 4.13. The van der Waals surface area contributed by atoms with Gasteiger partial charge in [-0.05, 0) is 26.2 Å². The Kier molecular flexibility index (Phi) is 5.35. The fourth-order valence-electron chi connectivity index (χ4n) is 2.16. The van der Waals surface area contributed by atoms with E-state index in [-0.39, 0.29) is 17.9 Å². The van der Waals surface area contributed by atoms with Crippen molar-refractivity contribution in [3.05, 3.63) is 0 Å². The van der Waals surface area contributed by atoms with Gasteiger partial charge in [-0.3, -0.25) is 4.79 Å². The number of likely N-dealkylation sites (tertiary alicyclic amines) is 1. The van der Waals surface area contributed by atoms with Crippen LogP contribution in [0.4, 0.5) is 4.79 Å². The Labute approximate surface area is 118 Å². The van der Waals surface area contributed by atoms with Crippen molar-refractivity contribution in [3.8, 4) is 0 Å². The monoisotopic (exact) mass is 285 g/mol. The smallest absolute Gasteiger partial charge is 0.329 e. The summed E-state index contributed by atoms with van der Waals surface area (Å²) < 4.78 is 0. The molecule has 1 fully saturated rings. The number of rotatable bonds is 4. The first-order chi connectivity index (χ1) is 9.34. The van der Waals surface area contributed by atoms with Gasteiger partial charge in [-0.15, -0.1) is 0 Å². The van der Waals surface area contributed by atoms with Crippen molar-refractivity contribution in [2.75, 3.05) is 20.1 Å². The molecule has 0 aromatic rings. The summed E-state index contributed by atoms with van der Waals surface area (Å²) in [6.07, 6.45) is 1.51. The molecule has 0 radical (unpaired) electrons. The van der Waals surface area contributed by atoms with E-state index in [1.54, 1.807) is 18.9 Å². The number of nitrogens with zero attached hydrogens (tertiary/aromatic N) is 1. The lowest BCUT2D eigenvalue weighted by Gasteiger charge is -2.34. The summed E-state index contributed by atoms with van der Waals surface area (Å²) in [5, 5.41) is 14.3. The molecule has 3 N–H and O–H groups in total. The van der Waals surface area contributed by atoms with Gasteiger partial charge in [0.2, 0.25) is 5.91 Å². The minimum atomic E-state index is -1.26. The van der Waals surface area contributed by atoms with Crippen LogP contribution < -0.4 is 10.6 Å². The average molecular weight is 285 g/mol. The van der Waals surface area contributed by atoms with E-state index in [1.807, 2.05) is 0 Å². The molecule has 0 saturated carbocycles. The van der Waals surface area contributed by atoms with Crippen LogP contribution >= 0.6 is 0 Å². The molecule has 0 bridgehead atoms. The molecule has 20 heavy (non-hydrogen) atoms. The minimum Gasteiger partial charge on any atom is -0.480 e. The Bertz CT molecular complexity index is 391. The molecule has 1 saturated heterocycles. The normalized spacial score (nSPS) is 19.1. The Balaban J connectivity index is 2.55. The van der Waals surface area contributed by atoms with Gasteiger partial charge in [0.15, 0.2) is 0 Å². The highest BCUT2D eigenvalue weighted by Gasteiger charge is 2.35. The van der Waals surface area contributed by atoms with E-state index in [1.165, 1.54) is 6.92 Å². The molecule has 1 unspecified atom stereocenters. The number of hydrogen-bond acceptors (Lipinski definition) is 3. The summed E-state index contributed by atoms with van der Waals surface area (Å²) in [5.41, 5.74) is -1.26. The van der Waals surface area contributed by atoms with E-state index in [0.717, 1.165) is 0 Å². The van der Waals surface area contributed by atoms with Gasteiger partial charge < -0.3 is 20.6 Å². The fourth-order valence-corrected chi connectivity index (χ4v) is 2.16. The van der Waals surface area contributed by atoms with Crippen LogP contribution in [0.1, 0.15) is 33.1 Å². The number of urea groups is 1. The van der Waals surface area contributed by atoms with Crippen LogP contribution in [-0.2, 0) is 9.59 Å². The first-order valence-corrected chi connectivity index (χ1v) is 6.86. The summed E-state index contributed by atoms with van der Waals surface area (Å²) in [4.78, 5) is 36.3. The number of carboxylic acid groups (broad SMARTS) is 1. The van der Waals surface area contributed by atoms with Crippen molar-refractivity contribution in [2.45, 2.75) is 38.6 Å². The van der Waals surface area contributed by atoms with Gasteiger partial charge in [-0.1, -0.05) is 6.92 Å². The zero-order valence-electron chi connectivity index (χ0n) is 12.2. The molecular formula is C13H23N3O4. The Morgan fingerprint density at radius 3 is 2.25 bits per heavy atom. The van der Waals surface area contributed by atoms with Gasteiger partial charge in [0, 0.05) is 26.1 Å². The van der Waals surface area contributed by atoms with Crippen LogP contribution in [0.2, 0.25) is 0 Å². The van der Waals surface area contributed by atoms with Crippen molar-refractivity contribution in [1.29, 1.82) is 0 Å². The van der Waals surface area contributed by atoms with Gasteiger partial charge in [0.05, 0.1) is 0 Å². The average Bonchev–Trinajstić information content (AvgIpc) is 2.46. The zero-order valence-corrected chi connectivity index (χ0v) is 12.2. The molecule has 1 aliphatic heterocycles. The number of piperidine rings is 1. The molecule has 1 rings (SSSR count). The topological polar surface area (TPSA) is 98.7 Å². The first kappa shape index (κ1) is 16.3. The maximum absolute atomic E-state index is 12.1.